The van der Waals surface area contributed by atoms with Gasteiger partial charge in [0, 0.05) is 6.54 Å². The first-order valence-corrected chi connectivity index (χ1v) is 9.49. The Morgan fingerprint density at radius 3 is 2.36 bits per heavy atom. The molecule has 2 aromatic rings. The van der Waals surface area contributed by atoms with Crippen molar-refractivity contribution in [3.63, 3.8) is 0 Å². The van der Waals surface area contributed by atoms with Gasteiger partial charge in [-0.15, -0.1) is 0 Å². The van der Waals surface area contributed by atoms with Crippen molar-refractivity contribution >= 4 is 15.7 Å². The fourth-order valence-electron chi connectivity index (χ4n) is 2.37. The van der Waals surface area contributed by atoms with Gasteiger partial charge in [-0.1, -0.05) is 60.2 Å². The first-order chi connectivity index (χ1) is 11.9. The van der Waals surface area contributed by atoms with Crippen LogP contribution in [0.2, 0.25) is 0 Å². The predicted molar refractivity (Wildman–Crippen MR) is 102 cm³/mol. The number of allylic oxidation sites excluding steroid dienone is 1. The average Bonchev–Trinajstić information content (AvgIpc) is 2.61. The van der Waals surface area contributed by atoms with E-state index in [1.165, 1.54) is 4.31 Å². The summed E-state index contributed by atoms with van der Waals surface area (Å²) in [5.41, 5.74) is 2.38. The minimum Gasteiger partial charge on any atom is -0.392 e. The van der Waals surface area contributed by atoms with Gasteiger partial charge in [0.2, 0.25) is 0 Å². The monoisotopic (exact) mass is 357 g/mol. The first kappa shape index (κ1) is 19.0. The Balaban J connectivity index is 2.33. The van der Waals surface area contributed by atoms with E-state index in [9.17, 15) is 8.42 Å². The van der Waals surface area contributed by atoms with E-state index in [-0.39, 0.29) is 18.0 Å². The molecular weight excluding hydrogens is 334 g/mol. The van der Waals surface area contributed by atoms with Gasteiger partial charge in [-0.3, -0.25) is 4.31 Å². The Morgan fingerprint density at radius 2 is 1.76 bits per heavy atom. The minimum atomic E-state index is -3.67. The van der Waals surface area contributed by atoms with Crippen LogP contribution in [-0.4, -0.2) is 26.7 Å². The van der Waals surface area contributed by atoms with Crippen molar-refractivity contribution in [3.8, 4) is 0 Å². The Kier molecular flexibility index (Phi) is 6.56. The van der Waals surface area contributed by atoms with E-state index >= 15 is 0 Å². The number of aliphatic hydroxyl groups is 1. The van der Waals surface area contributed by atoms with Gasteiger partial charge in [0.15, 0.2) is 0 Å². The van der Waals surface area contributed by atoms with E-state index in [0.717, 1.165) is 11.1 Å². The molecule has 0 bridgehead atoms. The van der Waals surface area contributed by atoms with Gasteiger partial charge in [0.05, 0.1) is 17.2 Å². The summed E-state index contributed by atoms with van der Waals surface area (Å²) in [5.74, 6) is 0. The zero-order valence-electron chi connectivity index (χ0n) is 14.3. The van der Waals surface area contributed by atoms with Gasteiger partial charge in [0.1, 0.15) is 0 Å². The molecule has 0 amide bonds. The summed E-state index contributed by atoms with van der Waals surface area (Å²) in [6.07, 6.45) is 3.77. The van der Waals surface area contributed by atoms with Crippen molar-refractivity contribution < 1.29 is 13.5 Å². The predicted octanol–water partition coefficient (Wildman–Crippen LogP) is 3.69. The van der Waals surface area contributed by atoms with Crippen LogP contribution >= 0.6 is 0 Å². The van der Waals surface area contributed by atoms with Crippen LogP contribution in [0, 0.1) is 6.92 Å². The van der Waals surface area contributed by atoms with Crippen LogP contribution in [-0.2, 0) is 10.0 Å². The number of aliphatic hydroxyl groups excluding tert-OH is 1. The fraction of sp³-hybridized carbons (Fsp3) is 0.200. The molecule has 2 rings (SSSR count). The summed E-state index contributed by atoms with van der Waals surface area (Å²) in [7, 11) is -3.67. The summed E-state index contributed by atoms with van der Waals surface area (Å²) < 4.78 is 27.6. The molecule has 0 aromatic heterocycles. The van der Waals surface area contributed by atoms with Crippen LogP contribution in [0.15, 0.2) is 83.8 Å². The largest absolute Gasteiger partial charge is 0.392 e. The number of aryl methyl sites for hydroxylation is 1. The molecule has 0 fully saturated rings. The third kappa shape index (κ3) is 5.05. The molecule has 4 nitrogen and oxygen atoms in total. The maximum absolute atomic E-state index is 13.1. The highest BCUT2D eigenvalue weighted by Crippen LogP contribution is 2.24. The van der Waals surface area contributed by atoms with Crippen LogP contribution in [0.4, 0.5) is 5.69 Å². The lowest BCUT2D eigenvalue weighted by Crippen LogP contribution is -2.32. The van der Waals surface area contributed by atoms with Gasteiger partial charge in [-0.2, -0.15) is 0 Å². The lowest BCUT2D eigenvalue weighted by molar-refractivity contribution is 0.342. The van der Waals surface area contributed by atoms with Gasteiger partial charge in [-0.25, -0.2) is 8.42 Å². The van der Waals surface area contributed by atoms with Crippen molar-refractivity contribution in [2.24, 2.45) is 0 Å². The van der Waals surface area contributed by atoms with E-state index in [4.69, 9.17) is 5.11 Å². The zero-order chi connectivity index (χ0) is 18.3. The highest BCUT2D eigenvalue weighted by molar-refractivity contribution is 7.92. The molecule has 25 heavy (non-hydrogen) atoms. The molecule has 0 aliphatic rings. The first-order valence-electron chi connectivity index (χ1n) is 8.05. The second-order valence-corrected chi connectivity index (χ2v) is 7.58. The molecular formula is C20H23NO3S. The van der Waals surface area contributed by atoms with Crippen LogP contribution in [0.1, 0.15) is 12.0 Å². The van der Waals surface area contributed by atoms with E-state index in [0.29, 0.717) is 12.1 Å². The minimum absolute atomic E-state index is 0.0664. The SMILES string of the molecule is C=C(/C=C/CO)CCN(c1ccccc1)S(=O)(=O)c1ccc(C)cc1. The molecule has 0 aliphatic heterocycles. The normalized spacial score (nSPS) is 11.6. The molecule has 5 heteroatoms. The standard InChI is InChI=1S/C20H23NO3S/c1-17(7-6-16-22)14-15-21(19-8-4-3-5-9-19)25(23,24)20-12-10-18(2)11-13-20/h3-13,22H,1,14-16H2,2H3/b7-6+. The molecule has 0 radical (unpaired) electrons. The summed E-state index contributed by atoms with van der Waals surface area (Å²) >= 11 is 0. The number of benzene rings is 2. The van der Waals surface area contributed by atoms with E-state index in [1.807, 2.05) is 25.1 Å². The summed E-state index contributed by atoms with van der Waals surface area (Å²) in [4.78, 5) is 0.262. The van der Waals surface area contributed by atoms with Crippen molar-refractivity contribution in [1.29, 1.82) is 0 Å². The number of sulfonamides is 1. The van der Waals surface area contributed by atoms with Crippen LogP contribution < -0.4 is 4.31 Å². The Bertz CT molecular complexity index is 825. The molecule has 0 saturated carbocycles. The zero-order valence-corrected chi connectivity index (χ0v) is 15.1. The smallest absolute Gasteiger partial charge is 0.264 e. The van der Waals surface area contributed by atoms with Crippen molar-refractivity contribution in [2.75, 3.05) is 17.5 Å². The highest BCUT2D eigenvalue weighted by Gasteiger charge is 2.24. The van der Waals surface area contributed by atoms with Crippen LogP contribution in [0.3, 0.4) is 0 Å². The molecule has 0 atom stereocenters. The molecule has 132 valence electrons. The van der Waals surface area contributed by atoms with Gasteiger partial charge in [0.25, 0.3) is 10.0 Å². The number of anilines is 1. The number of hydrogen-bond acceptors (Lipinski definition) is 3. The Morgan fingerprint density at radius 1 is 1.12 bits per heavy atom. The van der Waals surface area contributed by atoms with Crippen molar-refractivity contribution in [2.45, 2.75) is 18.2 Å². The summed E-state index contributed by atoms with van der Waals surface area (Å²) in [6.45, 7) is 6.03. The number of nitrogens with zero attached hydrogens (tertiary/aromatic N) is 1. The second-order valence-electron chi connectivity index (χ2n) is 5.72. The maximum Gasteiger partial charge on any atom is 0.264 e. The van der Waals surface area contributed by atoms with Crippen molar-refractivity contribution in [1.82, 2.24) is 0 Å². The molecule has 0 heterocycles. The van der Waals surface area contributed by atoms with Crippen LogP contribution in [0.25, 0.3) is 0 Å². The quantitative estimate of drug-likeness (QED) is 0.733. The van der Waals surface area contributed by atoms with Gasteiger partial charge < -0.3 is 5.11 Å². The van der Waals surface area contributed by atoms with E-state index < -0.39 is 10.0 Å². The lowest BCUT2D eigenvalue weighted by Gasteiger charge is -2.24. The topological polar surface area (TPSA) is 57.6 Å². The molecule has 0 aliphatic carbocycles. The molecule has 1 N–H and O–H groups in total. The average molecular weight is 357 g/mol. The second kappa shape index (κ2) is 8.65. The third-order valence-electron chi connectivity index (χ3n) is 3.75. The van der Waals surface area contributed by atoms with Crippen molar-refractivity contribution in [3.05, 3.63) is 84.5 Å². The van der Waals surface area contributed by atoms with E-state index in [2.05, 4.69) is 6.58 Å². The molecule has 0 unspecified atom stereocenters. The molecule has 2 aromatic carbocycles. The third-order valence-corrected chi connectivity index (χ3v) is 5.59. The fourth-order valence-corrected chi connectivity index (χ4v) is 3.83. The molecule has 0 spiro atoms. The Labute approximate surface area is 149 Å². The Hall–Kier alpha value is -2.37. The van der Waals surface area contributed by atoms with Gasteiger partial charge >= 0.3 is 0 Å². The number of para-hydroxylation sites is 1. The number of hydrogen-bond donors (Lipinski definition) is 1. The lowest BCUT2D eigenvalue weighted by atomic mass is 10.2. The van der Waals surface area contributed by atoms with Gasteiger partial charge in [-0.05, 0) is 37.6 Å². The summed E-state index contributed by atoms with van der Waals surface area (Å²) in [6, 6.07) is 15.9. The van der Waals surface area contributed by atoms with Crippen LogP contribution in [0.5, 0.6) is 0 Å². The maximum atomic E-state index is 13.1. The van der Waals surface area contributed by atoms with E-state index in [1.54, 1.807) is 48.6 Å². The highest BCUT2D eigenvalue weighted by atomic mass is 32.2. The number of rotatable bonds is 8. The summed E-state index contributed by atoms with van der Waals surface area (Å²) in [5, 5.41) is 8.84. The molecule has 0 saturated heterocycles.